The molecule has 1 aromatic heterocycles. The molecule has 1 rings (SSSR count). The molecule has 0 amide bonds. The first kappa shape index (κ1) is 13.4. The molecular formula is C10H16N6S. The molecule has 0 radical (unpaired) electrons. The van der Waals surface area contributed by atoms with Gasteiger partial charge in [0.2, 0.25) is 5.96 Å². The molecule has 0 unspecified atom stereocenters. The van der Waals surface area contributed by atoms with E-state index in [0.29, 0.717) is 5.96 Å². The van der Waals surface area contributed by atoms with Crippen LogP contribution in [0.5, 0.6) is 0 Å². The van der Waals surface area contributed by atoms with Crippen LogP contribution in [0.3, 0.4) is 0 Å². The van der Waals surface area contributed by atoms with Gasteiger partial charge < -0.3 is 10.6 Å². The molecular weight excluding hydrogens is 236 g/mol. The van der Waals surface area contributed by atoms with Crippen LogP contribution in [0.25, 0.3) is 0 Å². The first-order chi connectivity index (χ1) is 8.36. The van der Waals surface area contributed by atoms with Crippen molar-refractivity contribution in [1.29, 1.82) is 5.26 Å². The molecule has 0 aromatic carbocycles. The maximum absolute atomic E-state index is 8.41. The number of nitrogens with zero attached hydrogens (tertiary/aromatic N) is 3. The highest BCUT2D eigenvalue weighted by atomic mass is 32.1. The van der Waals surface area contributed by atoms with Gasteiger partial charge in [0.05, 0.1) is 5.69 Å². The van der Waals surface area contributed by atoms with Crippen LogP contribution in [-0.2, 0) is 6.42 Å². The van der Waals surface area contributed by atoms with Crippen molar-refractivity contribution in [3.05, 3.63) is 17.1 Å². The minimum atomic E-state index is 0.494. The highest BCUT2D eigenvalue weighted by Crippen LogP contribution is 1.98. The van der Waals surface area contributed by atoms with Crippen molar-refractivity contribution in [2.24, 2.45) is 4.99 Å². The number of rotatable bonds is 6. The molecule has 7 heteroatoms. The third-order valence-corrected chi connectivity index (χ3v) is 2.64. The van der Waals surface area contributed by atoms with Gasteiger partial charge in [-0.2, -0.15) is 9.64 Å². The summed E-state index contributed by atoms with van der Waals surface area (Å²) < 4.78 is 4.22. The molecule has 3 N–H and O–H groups in total. The van der Waals surface area contributed by atoms with Gasteiger partial charge in [0.15, 0.2) is 6.19 Å². The summed E-state index contributed by atoms with van der Waals surface area (Å²) >= 11 is 1.48. The van der Waals surface area contributed by atoms with Crippen LogP contribution >= 0.6 is 11.5 Å². The van der Waals surface area contributed by atoms with Gasteiger partial charge in [-0.3, -0.25) is 10.3 Å². The zero-order valence-corrected chi connectivity index (χ0v) is 10.5. The molecule has 1 aromatic rings. The Morgan fingerprint density at radius 1 is 1.53 bits per heavy atom. The van der Waals surface area contributed by atoms with Crippen LogP contribution in [0.1, 0.15) is 5.69 Å². The van der Waals surface area contributed by atoms with Crippen LogP contribution < -0.4 is 16.0 Å². The summed E-state index contributed by atoms with van der Waals surface area (Å²) in [6, 6.07) is 2.03. The van der Waals surface area contributed by atoms with Crippen molar-refractivity contribution >= 4 is 17.5 Å². The first-order valence-corrected chi connectivity index (χ1v) is 6.16. The third-order valence-electron chi connectivity index (χ3n) is 2.04. The molecule has 0 spiro atoms. The van der Waals surface area contributed by atoms with E-state index in [4.69, 9.17) is 5.26 Å². The number of aromatic nitrogens is 1. The zero-order valence-electron chi connectivity index (χ0n) is 9.73. The molecule has 0 atom stereocenters. The van der Waals surface area contributed by atoms with E-state index in [2.05, 4.69) is 25.3 Å². The standard InChI is InChI=1S/C10H16N6S/c1-12-10(15-8-11)14-6-5-13-4-2-9-3-7-17-16-9/h3,7,13H,2,4-6H2,1H3,(H2,12,14,15). The lowest BCUT2D eigenvalue weighted by Gasteiger charge is -2.07. The fraction of sp³-hybridized carbons (Fsp3) is 0.500. The van der Waals surface area contributed by atoms with E-state index >= 15 is 0 Å². The Kier molecular flexibility index (Phi) is 6.70. The second kappa shape index (κ2) is 8.50. The number of guanidine groups is 1. The lowest BCUT2D eigenvalue weighted by molar-refractivity contribution is 0.662. The van der Waals surface area contributed by atoms with Gasteiger partial charge in [0, 0.05) is 38.5 Å². The fourth-order valence-electron chi connectivity index (χ4n) is 1.21. The molecule has 0 saturated carbocycles. The maximum Gasteiger partial charge on any atom is 0.204 e. The van der Waals surface area contributed by atoms with E-state index < -0.39 is 0 Å². The van der Waals surface area contributed by atoms with Gasteiger partial charge >= 0.3 is 0 Å². The minimum absolute atomic E-state index is 0.494. The predicted octanol–water partition coefficient (Wildman–Crippen LogP) is -0.0787. The predicted molar refractivity (Wildman–Crippen MR) is 68.8 cm³/mol. The van der Waals surface area contributed by atoms with Crippen molar-refractivity contribution in [1.82, 2.24) is 20.3 Å². The average molecular weight is 252 g/mol. The van der Waals surface area contributed by atoms with Crippen molar-refractivity contribution < 1.29 is 0 Å². The number of aliphatic imine (C=N–C) groups is 1. The third kappa shape index (κ3) is 5.85. The van der Waals surface area contributed by atoms with Gasteiger partial charge in [0.25, 0.3) is 0 Å². The van der Waals surface area contributed by atoms with E-state index in [1.165, 1.54) is 11.5 Å². The molecule has 17 heavy (non-hydrogen) atoms. The summed E-state index contributed by atoms with van der Waals surface area (Å²) in [5, 5.41) is 19.1. The SMILES string of the molecule is CN=C(NC#N)NCCNCCc1ccsn1. The summed E-state index contributed by atoms with van der Waals surface area (Å²) in [5.41, 5.74) is 1.12. The number of hydrogen-bond donors (Lipinski definition) is 3. The summed E-state index contributed by atoms with van der Waals surface area (Å²) in [6.07, 6.45) is 2.76. The number of hydrogen-bond acceptors (Lipinski definition) is 5. The highest BCUT2D eigenvalue weighted by Gasteiger charge is 1.96. The molecule has 92 valence electrons. The van der Waals surface area contributed by atoms with Gasteiger partial charge in [-0.25, -0.2) is 0 Å². The van der Waals surface area contributed by atoms with E-state index in [0.717, 1.165) is 31.7 Å². The fourth-order valence-corrected chi connectivity index (χ4v) is 1.78. The second-order valence-electron chi connectivity index (χ2n) is 3.23. The quantitative estimate of drug-likeness (QED) is 0.217. The Hall–Kier alpha value is -1.65. The number of nitrogens with one attached hydrogen (secondary N) is 3. The molecule has 1 heterocycles. The van der Waals surface area contributed by atoms with Crippen LogP contribution in [0, 0.1) is 11.5 Å². The van der Waals surface area contributed by atoms with Gasteiger partial charge in [-0.1, -0.05) is 0 Å². The average Bonchev–Trinajstić information content (AvgIpc) is 2.85. The Labute approximate surface area is 105 Å². The Morgan fingerprint density at radius 3 is 3.06 bits per heavy atom. The van der Waals surface area contributed by atoms with Crippen LogP contribution in [0.15, 0.2) is 16.4 Å². The zero-order chi connectivity index (χ0) is 12.3. The minimum Gasteiger partial charge on any atom is -0.354 e. The lowest BCUT2D eigenvalue weighted by atomic mass is 10.3. The van der Waals surface area contributed by atoms with Gasteiger partial charge in [0.1, 0.15) is 0 Å². The summed E-state index contributed by atoms with van der Waals surface area (Å²) in [6.45, 7) is 2.43. The molecule has 0 aliphatic rings. The van der Waals surface area contributed by atoms with Crippen LogP contribution in [-0.4, -0.2) is 37.0 Å². The molecule has 0 aliphatic carbocycles. The summed E-state index contributed by atoms with van der Waals surface area (Å²) in [5.74, 6) is 0.494. The van der Waals surface area contributed by atoms with Crippen LogP contribution in [0.2, 0.25) is 0 Å². The smallest absolute Gasteiger partial charge is 0.204 e. The van der Waals surface area contributed by atoms with E-state index in [1.807, 2.05) is 17.6 Å². The van der Waals surface area contributed by atoms with Crippen LogP contribution in [0.4, 0.5) is 0 Å². The number of nitriles is 1. The second-order valence-corrected chi connectivity index (χ2v) is 3.89. The molecule has 0 saturated heterocycles. The van der Waals surface area contributed by atoms with Crippen molar-refractivity contribution in [2.75, 3.05) is 26.7 Å². The first-order valence-electron chi connectivity index (χ1n) is 5.32. The Balaban J connectivity index is 1.99. The van der Waals surface area contributed by atoms with E-state index in [-0.39, 0.29) is 0 Å². The summed E-state index contributed by atoms with van der Waals surface area (Å²) in [4.78, 5) is 3.87. The molecule has 0 fully saturated rings. The normalized spacial score (nSPS) is 10.9. The molecule has 6 nitrogen and oxygen atoms in total. The summed E-state index contributed by atoms with van der Waals surface area (Å²) in [7, 11) is 1.63. The van der Waals surface area contributed by atoms with E-state index in [1.54, 1.807) is 7.05 Å². The van der Waals surface area contributed by atoms with Gasteiger partial charge in [-0.05, 0) is 17.6 Å². The van der Waals surface area contributed by atoms with Gasteiger partial charge in [-0.15, -0.1) is 0 Å². The van der Waals surface area contributed by atoms with Crippen molar-refractivity contribution in [3.63, 3.8) is 0 Å². The van der Waals surface area contributed by atoms with Crippen molar-refractivity contribution in [3.8, 4) is 6.19 Å². The highest BCUT2D eigenvalue weighted by molar-refractivity contribution is 7.03. The monoisotopic (exact) mass is 252 g/mol. The Bertz CT molecular complexity index is 367. The van der Waals surface area contributed by atoms with E-state index in [9.17, 15) is 0 Å². The lowest BCUT2D eigenvalue weighted by Crippen LogP contribution is -2.38. The topological polar surface area (TPSA) is 85.1 Å². The largest absolute Gasteiger partial charge is 0.354 e. The molecule has 0 bridgehead atoms. The molecule has 0 aliphatic heterocycles. The maximum atomic E-state index is 8.41. The Morgan fingerprint density at radius 2 is 2.41 bits per heavy atom. The van der Waals surface area contributed by atoms with Crippen molar-refractivity contribution in [2.45, 2.75) is 6.42 Å².